The van der Waals surface area contributed by atoms with Gasteiger partial charge in [-0.2, -0.15) is 4.98 Å². The van der Waals surface area contributed by atoms with Crippen molar-refractivity contribution >= 4 is 5.91 Å². The molecule has 1 aromatic heterocycles. The Hall–Kier alpha value is -3.06. The maximum Gasteiger partial charge on any atom is 0.259 e. The minimum atomic E-state index is -0.444. The summed E-state index contributed by atoms with van der Waals surface area (Å²) < 4.78 is 24.0. The number of halogens is 1. The van der Waals surface area contributed by atoms with Gasteiger partial charge in [0.25, 0.3) is 11.8 Å². The van der Waals surface area contributed by atoms with Crippen molar-refractivity contribution in [1.82, 2.24) is 15.5 Å². The van der Waals surface area contributed by atoms with Crippen LogP contribution in [0.4, 0.5) is 4.39 Å². The topological polar surface area (TPSA) is 77.2 Å². The van der Waals surface area contributed by atoms with E-state index in [2.05, 4.69) is 15.5 Å². The first kappa shape index (κ1) is 16.8. The summed E-state index contributed by atoms with van der Waals surface area (Å²) >= 11 is 0. The lowest BCUT2D eigenvalue weighted by atomic mass is 10.1. The van der Waals surface area contributed by atoms with Gasteiger partial charge < -0.3 is 14.6 Å². The van der Waals surface area contributed by atoms with E-state index in [1.165, 1.54) is 6.07 Å². The number of aromatic nitrogens is 2. The molecule has 0 atom stereocenters. The molecule has 1 N–H and O–H groups in total. The van der Waals surface area contributed by atoms with Gasteiger partial charge in [-0.05, 0) is 24.3 Å². The Labute approximate surface area is 143 Å². The van der Waals surface area contributed by atoms with E-state index in [0.717, 1.165) is 0 Å². The van der Waals surface area contributed by atoms with Gasteiger partial charge >= 0.3 is 0 Å². The maximum absolute atomic E-state index is 13.9. The molecule has 0 aliphatic carbocycles. The number of benzene rings is 2. The van der Waals surface area contributed by atoms with Crippen molar-refractivity contribution in [3.05, 3.63) is 59.9 Å². The van der Waals surface area contributed by atoms with Crippen LogP contribution in [0.3, 0.4) is 0 Å². The summed E-state index contributed by atoms with van der Waals surface area (Å²) in [6, 6.07) is 13.0. The van der Waals surface area contributed by atoms with Crippen LogP contribution in [0.25, 0.3) is 22.8 Å². The molecule has 7 heteroatoms. The number of rotatable bonds is 6. The van der Waals surface area contributed by atoms with Gasteiger partial charge in [0, 0.05) is 13.7 Å². The van der Waals surface area contributed by atoms with E-state index in [9.17, 15) is 9.18 Å². The molecule has 6 nitrogen and oxygen atoms in total. The van der Waals surface area contributed by atoms with E-state index in [4.69, 9.17) is 9.26 Å². The fourth-order valence-electron chi connectivity index (χ4n) is 2.31. The SMILES string of the molecule is COCCNC(=O)c1ccccc1-c1nc(-c2ccccc2F)no1. The molecule has 2 aromatic carbocycles. The first-order valence-corrected chi connectivity index (χ1v) is 7.66. The third-order valence-corrected chi connectivity index (χ3v) is 3.53. The van der Waals surface area contributed by atoms with Gasteiger partial charge in [0.2, 0.25) is 5.82 Å². The number of hydrogen-bond acceptors (Lipinski definition) is 5. The summed E-state index contributed by atoms with van der Waals surface area (Å²) in [4.78, 5) is 16.6. The van der Waals surface area contributed by atoms with Crippen LogP contribution in [-0.4, -0.2) is 36.3 Å². The quantitative estimate of drug-likeness (QED) is 0.698. The van der Waals surface area contributed by atoms with Crippen molar-refractivity contribution < 1.29 is 18.4 Å². The van der Waals surface area contributed by atoms with E-state index < -0.39 is 5.82 Å². The van der Waals surface area contributed by atoms with E-state index in [1.54, 1.807) is 49.6 Å². The molecule has 3 rings (SSSR count). The van der Waals surface area contributed by atoms with Crippen LogP contribution in [0, 0.1) is 5.82 Å². The fraction of sp³-hybridized carbons (Fsp3) is 0.167. The second-order valence-corrected chi connectivity index (χ2v) is 5.20. The van der Waals surface area contributed by atoms with Crippen molar-refractivity contribution in [2.75, 3.05) is 20.3 Å². The molecular weight excluding hydrogens is 325 g/mol. The van der Waals surface area contributed by atoms with Crippen molar-refractivity contribution in [1.29, 1.82) is 0 Å². The van der Waals surface area contributed by atoms with Crippen LogP contribution >= 0.6 is 0 Å². The minimum Gasteiger partial charge on any atom is -0.383 e. The lowest BCUT2D eigenvalue weighted by Gasteiger charge is -2.07. The zero-order valence-electron chi connectivity index (χ0n) is 13.5. The normalized spacial score (nSPS) is 10.6. The second-order valence-electron chi connectivity index (χ2n) is 5.20. The molecule has 0 radical (unpaired) electrons. The second kappa shape index (κ2) is 7.67. The Morgan fingerprint density at radius 3 is 2.64 bits per heavy atom. The lowest BCUT2D eigenvalue weighted by molar-refractivity contribution is 0.0937. The Balaban J connectivity index is 1.91. The summed E-state index contributed by atoms with van der Waals surface area (Å²) in [5, 5.41) is 6.57. The molecule has 0 saturated carbocycles. The smallest absolute Gasteiger partial charge is 0.259 e. The Morgan fingerprint density at radius 1 is 1.16 bits per heavy atom. The molecule has 0 saturated heterocycles. The summed E-state index contributed by atoms with van der Waals surface area (Å²) in [5.74, 6) is -0.447. The summed E-state index contributed by atoms with van der Waals surface area (Å²) in [5.41, 5.74) is 1.11. The molecule has 0 unspecified atom stereocenters. The number of methoxy groups -OCH3 is 1. The van der Waals surface area contributed by atoms with Gasteiger partial charge in [-0.3, -0.25) is 4.79 Å². The van der Waals surface area contributed by atoms with Crippen LogP contribution < -0.4 is 5.32 Å². The average Bonchev–Trinajstić information content (AvgIpc) is 3.12. The van der Waals surface area contributed by atoms with Gasteiger partial charge in [-0.25, -0.2) is 4.39 Å². The number of carbonyl (C=O) groups is 1. The maximum atomic E-state index is 13.9. The van der Waals surface area contributed by atoms with Crippen LogP contribution in [0.5, 0.6) is 0 Å². The molecule has 0 fully saturated rings. The highest BCUT2D eigenvalue weighted by Crippen LogP contribution is 2.26. The molecule has 3 aromatic rings. The van der Waals surface area contributed by atoms with Crippen molar-refractivity contribution in [2.45, 2.75) is 0 Å². The van der Waals surface area contributed by atoms with Crippen LogP contribution in [0.2, 0.25) is 0 Å². The zero-order chi connectivity index (χ0) is 17.6. The van der Waals surface area contributed by atoms with Gasteiger partial charge in [0.15, 0.2) is 0 Å². The van der Waals surface area contributed by atoms with Gasteiger partial charge in [-0.1, -0.05) is 29.4 Å². The fourth-order valence-corrected chi connectivity index (χ4v) is 2.31. The van der Waals surface area contributed by atoms with Crippen LogP contribution in [0.1, 0.15) is 10.4 Å². The predicted molar refractivity (Wildman–Crippen MR) is 89.3 cm³/mol. The summed E-state index contributed by atoms with van der Waals surface area (Å²) in [6.07, 6.45) is 0. The molecule has 0 aliphatic rings. The van der Waals surface area contributed by atoms with E-state index in [-0.39, 0.29) is 23.2 Å². The number of nitrogens with zero attached hydrogens (tertiary/aromatic N) is 2. The average molecular weight is 341 g/mol. The number of carbonyl (C=O) groups excluding carboxylic acids is 1. The van der Waals surface area contributed by atoms with Gasteiger partial charge in [-0.15, -0.1) is 0 Å². The lowest BCUT2D eigenvalue weighted by Crippen LogP contribution is -2.27. The Morgan fingerprint density at radius 2 is 1.88 bits per heavy atom. The highest BCUT2D eigenvalue weighted by Gasteiger charge is 2.18. The Kier molecular flexibility index (Phi) is 5.15. The van der Waals surface area contributed by atoms with Crippen LogP contribution in [0.15, 0.2) is 53.1 Å². The molecule has 0 spiro atoms. The zero-order valence-corrected chi connectivity index (χ0v) is 13.5. The van der Waals surface area contributed by atoms with E-state index >= 15 is 0 Å². The first-order chi connectivity index (χ1) is 12.2. The number of nitrogens with one attached hydrogen (secondary N) is 1. The highest BCUT2D eigenvalue weighted by molar-refractivity contribution is 6.00. The minimum absolute atomic E-state index is 0.127. The Bertz CT molecular complexity index is 879. The van der Waals surface area contributed by atoms with Crippen molar-refractivity contribution in [2.24, 2.45) is 0 Å². The van der Waals surface area contributed by atoms with E-state index in [0.29, 0.717) is 24.3 Å². The highest BCUT2D eigenvalue weighted by atomic mass is 19.1. The standard InChI is InChI=1S/C18H16FN3O3/c1-24-11-10-20-17(23)12-6-2-3-7-13(12)18-21-16(22-25-18)14-8-4-5-9-15(14)19/h2-9H,10-11H2,1H3,(H,20,23). The monoisotopic (exact) mass is 341 g/mol. The summed E-state index contributed by atoms with van der Waals surface area (Å²) in [7, 11) is 1.56. The third kappa shape index (κ3) is 3.72. The summed E-state index contributed by atoms with van der Waals surface area (Å²) in [6.45, 7) is 0.792. The van der Waals surface area contributed by atoms with Gasteiger partial charge in [0.1, 0.15) is 5.82 Å². The predicted octanol–water partition coefficient (Wildman–Crippen LogP) is 2.92. The molecule has 0 bridgehead atoms. The van der Waals surface area contributed by atoms with Crippen LogP contribution in [-0.2, 0) is 4.74 Å². The number of amides is 1. The molecule has 0 aliphatic heterocycles. The van der Waals surface area contributed by atoms with Crippen molar-refractivity contribution in [3.63, 3.8) is 0 Å². The largest absolute Gasteiger partial charge is 0.383 e. The molecule has 128 valence electrons. The van der Waals surface area contributed by atoms with Gasteiger partial charge in [0.05, 0.1) is 23.3 Å². The number of ether oxygens (including phenoxy) is 1. The third-order valence-electron chi connectivity index (χ3n) is 3.53. The molecule has 1 amide bonds. The first-order valence-electron chi connectivity index (χ1n) is 7.66. The van der Waals surface area contributed by atoms with E-state index in [1.807, 2.05) is 0 Å². The van der Waals surface area contributed by atoms with Crippen molar-refractivity contribution in [3.8, 4) is 22.8 Å². The molecular formula is C18H16FN3O3. The molecule has 1 heterocycles. The number of hydrogen-bond donors (Lipinski definition) is 1. The molecule has 25 heavy (non-hydrogen) atoms.